The molecule has 0 aromatic rings. The lowest BCUT2D eigenvalue weighted by Crippen LogP contribution is -2.46. The second kappa shape index (κ2) is 39.6. The molecule has 0 bridgehead atoms. The predicted octanol–water partition coefficient (Wildman–Crippen LogP) is 13.8. The van der Waals surface area contributed by atoms with Gasteiger partial charge in [0.25, 0.3) is 0 Å². The van der Waals surface area contributed by atoms with Gasteiger partial charge in [-0.1, -0.05) is 153 Å². The van der Waals surface area contributed by atoms with Crippen LogP contribution in [0.25, 0.3) is 0 Å². The van der Waals surface area contributed by atoms with Crippen LogP contribution in [-0.4, -0.2) is 68.8 Å². The molecule has 0 heterocycles. The summed E-state index contributed by atoms with van der Waals surface area (Å²) in [6.07, 6.45) is 28.3. The molecule has 0 aromatic heterocycles. The molecule has 0 amide bonds. The number of rotatable bonds is 43. The van der Waals surface area contributed by atoms with Crippen LogP contribution in [-0.2, 0) is 26.6 Å². The summed E-state index contributed by atoms with van der Waals surface area (Å²) in [6.45, 7) is 18.2. The van der Waals surface area contributed by atoms with E-state index < -0.39 is 17.6 Å². The number of unbranched alkanes of at least 4 members (excludes halogenated alkanes) is 16. The maximum Gasteiger partial charge on any atom is 0.500 e. The fourth-order valence-electron chi connectivity index (χ4n) is 5.64. The van der Waals surface area contributed by atoms with Gasteiger partial charge in [0.15, 0.2) is 0 Å². The van der Waals surface area contributed by atoms with Gasteiger partial charge in [-0.15, -0.1) is 0 Å². The average Bonchev–Trinajstić information content (AvgIpc) is 3.13. The summed E-state index contributed by atoms with van der Waals surface area (Å²) in [6, 6.07) is 1.93. The topological polar surface area (TPSA) is 55.4 Å². The quantitative estimate of drug-likeness (QED) is 0.0344. The van der Waals surface area contributed by atoms with Crippen molar-refractivity contribution in [2.75, 3.05) is 51.1 Å². The van der Waals surface area contributed by atoms with Crippen molar-refractivity contribution in [3.05, 3.63) is 0 Å². The van der Waals surface area contributed by atoms with Gasteiger partial charge < -0.3 is 26.6 Å². The molecule has 0 atom stereocenters. The van der Waals surface area contributed by atoms with Crippen molar-refractivity contribution in [2.45, 2.75) is 208 Å². The predicted molar refractivity (Wildman–Crippen MR) is 227 cm³/mol. The SMILES string of the molecule is CCCCCO[Si](CCCCCSSCCCCC[Si](OCCCCC)(OCCCCC)OCCCCC)(OCCCCC)OCCCCC. The molecule has 6 nitrogen and oxygen atoms in total. The zero-order valence-electron chi connectivity index (χ0n) is 34.3. The van der Waals surface area contributed by atoms with E-state index >= 15 is 0 Å². The molecule has 10 heteroatoms. The molecule has 0 fully saturated rings. The zero-order chi connectivity index (χ0) is 36.7. The monoisotopic (exact) mass is 783 g/mol. The van der Waals surface area contributed by atoms with Gasteiger partial charge in [0.05, 0.1) is 0 Å². The molecule has 0 saturated heterocycles. The molecule has 0 aliphatic heterocycles. The van der Waals surface area contributed by atoms with Crippen molar-refractivity contribution >= 4 is 39.2 Å². The van der Waals surface area contributed by atoms with Gasteiger partial charge in [0.2, 0.25) is 0 Å². The summed E-state index contributed by atoms with van der Waals surface area (Å²) < 4.78 is 39.3. The van der Waals surface area contributed by atoms with Crippen LogP contribution in [0.5, 0.6) is 0 Å². The molecule has 302 valence electrons. The van der Waals surface area contributed by atoms with Crippen LogP contribution in [0, 0.1) is 0 Å². The second-order valence-electron chi connectivity index (χ2n) is 14.0. The fraction of sp³-hybridized carbons (Fsp3) is 1.00. The molecule has 0 aliphatic carbocycles. The highest BCUT2D eigenvalue weighted by molar-refractivity contribution is 8.76. The first kappa shape index (κ1) is 50.9. The van der Waals surface area contributed by atoms with E-state index in [1.807, 2.05) is 21.6 Å². The van der Waals surface area contributed by atoms with Gasteiger partial charge in [-0.3, -0.25) is 0 Å². The minimum atomic E-state index is -2.62. The first-order valence-corrected chi connectivity index (χ1v) is 28.0. The van der Waals surface area contributed by atoms with Crippen molar-refractivity contribution in [2.24, 2.45) is 0 Å². The molecule has 0 aliphatic rings. The van der Waals surface area contributed by atoms with Gasteiger partial charge in [0.1, 0.15) is 0 Å². The number of hydrogen-bond donors (Lipinski definition) is 0. The highest BCUT2D eigenvalue weighted by Gasteiger charge is 2.41. The Bertz CT molecular complexity index is 551. The Labute approximate surface area is 323 Å². The first-order valence-electron chi connectivity index (χ1n) is 21.7. The van der Waals surface area contributed by atoms with Gasteiger partial charge in [-0.05, 0) is 64.2 Å². The minimum Gasteiger partial charge on any atom is -0.373 e. The lowest BCUT2D eigenvalue weighted by Gasteiger charge is -2.30. The standard InChI is InChI=1S/C40H86O6S2Si2/c1-7-13-21-31-41-49(42-32-22-14-8-2,43-33-23-15-9-3)39-29-19-27-37-47-48-38-28-20-30-40-50(44-34-24-16-10-4,45-35-25-17-11-5)46-36-26-18-12-6/h7-40H2,1-6H3. The molecule has 50 heavy (non-hydrogen) atoms. The highest BCUT2D eigenvalue weighted by atomic mass is 33.1. The molecule has 0 unspecified atom stereocenters. The van der Waals surface area contributed by atoms with Crippen LogP contribution >= 0.6 is 21.6 Å². The van der Waals surface area contributed by atoms with E-state index in [2.05, 4.69) is 41.5 Å². The second-order valence-corrected chi connectivity index (χ2v) is 22.1. The molecular formula is C40H86O6S2Si2. The van der Waals surface area contributed by atoms with Crippen LogP contribution in [0.15, 0.2) is 0 Å². The van der Waals surface area contributed by atoms with Crippen LogP contribution in [0.3, 0.4) is 0 Å². The van der Waals surface area contributed by atoms with E-state index in [-0.39, 0.29) is 0 Å². The van der Waals surface area contributed by atoms with Crippen molar-refractivity contribution in [3.8, 4) is 0 Å². The minimum absolute atomic E-state index is 0.779. The van der Waals surface area contributed by atoms with E-state index in [4.69, 9.17) is 26.6 Å². The molecule has 0 spiro atoms. The summed E-state index contributed by atoms with van der Waals surface area (Å²) in [5, 5.41) is 0. The molecule has 0 N–H and O–H groups in total. The molecule has 0 rings (SSSR count). The fourth-order valence-corrected chi connectivity index (χ4v) is 13.4. The summed E-state index contributed by atoms with van der Waals surface area (Å²) in [4.78, 5) is 0. The van der Waals surface area contributed by atoms with E-state index in [1.165, 1.54) is 114 Å². The maximum absolute atomic E-state index is 6.56. The van der Waals surface area contributed by atoms with E-state index in [0.717, 1.165) is 103 Å². The summed E-state index contributed by atoms with van der Waals surface area (Å²) in [7, 11) is -1.15. The van der Waals surface area contributed by atoms with Crippen LogP contribution < -0.4 is 0 Å². The summed E-state index contributed by atoms with van der Waals surface area (Å²) in [5.74, 6) is 2.42. The normalized spacial score (nSPS) is 12.4. The third-order valence-electron chi connectivity index (χ3n) is 8.92. The largest absolute Gasteiger partial charge is 0.500 e. The zero-order valence-corrected chi connectivity index (χ0v) is 37.9. The Morgan fingerprint density at radius 2 is 0.520 bits per heavy atom. The number of hydrogen-bond acceptors (Lipinski definition) is 8. The Morgan fingerprint density at radius 3 is 0.740 bits per heavy atom. The van der Waals surface area contributed by atoms with Crippen molar-refractivity contribution < 1.29 is 26.6 Å². The van der Waals surface area contributed by atoms with Gasteiger partial charge in [0, 0.05) is 63.2 Å². The molecular weight excluding hydrogens is 697 g/mol. The maximum atomic E-state index is 6.56. The van der Waals surface area contributed by atoms with Gasteiger partial charge in [-0.2, -0.15) is 0 Å². The molecule has 0 aromatic carbocycles. The Balaban J connectivity index is 4.63. The summed E-state index contributed by atoms with van der Waals surface area (Å²) >= 11 is 0. The average molecular weight is 783 g/mol. The third kappa shape index (κ3) is 31.3. The third-order valence-corrected chi connectivity index (χ3v) is 17.3. The van der Waals surface area contributed by atoms with Crippen LogP contribution in [0.1, 0.15) is 196 Å². The van der Waals surface area contributed by atoms with Crippen molar-refractivity contribution in [3.63, 3.8) is 0 Å². The highest BCUT2D eigenvalue weighted by Crippen LogP contribution is 2.28. The summed E-state index contributed by atoms with van der Waals surface area (Å²) in [5.41, 5.74) is 0. The van der Waals surface area contributed by atoms with Gasteiger partial charge >= 0.3 is 17.6 Å². The van der Waals surface area contributed by atoms with E-state index in [9.17, 15) is 0 Å². The Kier molecular flexibility index (Phi) is 40.3. The molecule has 0 saturated carbocycles. The van der Waals surface area contributed by atoms with E-state index in [1.54, 1.807) is 0 Å². The lowest BCUT2D eigenvalue weighted by molar-refractivity contribution is 0.0542. The Hall–Kier alpha value is 0.894. The Morgan fingerprint density at radius 1 is 0.280 bits per heavy atom. The van der Waals surface area contributed by atoms with Crippen molar-refractivity contribution in [1.82, 2.24) is 0 Å². The smallest absolute Gasteiger partial charge is 0.373 e. The lowest BCUT2D eigenvalue weighted by atomic mass is 10.3. The van der Waals surface area contributed by atoms with Crippen molar-refractivity contribution in [1.29, 1.82) is 0 Å². The molecule has 0 radical (unpaired) electrons. The van der Waals surface area contributed by atoms with Gasteiger partial charge in [-0.25, -0.2) is 0 Å². The first-order chi connectivity index (χ1) is 24.6. The van der Waals surface area contributed by atoms with Crippen LogP contribution in [0.4, 0.5) is 0 Å². The van der Waals surface area contributed by atoms with E-state index in [0.29, 0.717) is 0 Å². The van der Waals surface area contributed by atoms with Crippen LogP contribution in [0.2, 0.25) is 12.1 Å².